The maximum atomic E-state index is 6.53. The molecule has 4 heteroatoms. The topological polar surface area (TPSA) is 0 Å². The van der Waals surface area contributed by atoms with E-state index in [0.29, 0.717) is 0 Å². The normalized spacial score (nSPS) is 12.8. The summed E-state index contributed by atoms with van der Waals surface area (Å²) in [7, 11) is 0. The van der Waals surface area contributed by atoms with Crippen LogP contribution in [0, 0.1) is 13.8 Å². The summed E-state index contributed by atoms with van der Waals surface area (Å²) in [6.45, 7) is 4.07. The van der Waals surface area contributed by atoms with E-state index in [1.807, 2.05) is 13.0 Å². The Balaban J connectivity index is 2.42. The molecule has 0 aliphatic carbocycles. The van der Waals surface area contributed by atoms with Crippen molar-refractivity contribution in [2.75, 3.05) is 0 Å². The van der Waals surface area contributed by atoms with E-state index in [2.05, 4.69) is 41.1 Å². The van der Waals surface area contributed by atoms with Crippen LogP contribution in [0.15, 0.2) is 28.7 Å². The quantitative estimate of drug-likeness (QED) is 0.574. The lowest BCUT2D eigenvalue weighted by Gasteiger charge is -2.11. The van der Waals surface area contributed by atoms with Crippen LogP contribution >= 0.6 is 50.5 Å². The minimum absolute atomic E-state index is 0.135. The summed E-state index contributed by atoms with van der Waals surface area (Å²) >= 11 is 17.6. The van der Waals surface area contributed by atoms with Gasteiger partial charge in [-0.1, -0.05) is 33.6 Å². The van der Waals surface area contributed by atoms with Gasteiger partial charge in [0.2, 0.25) is 0 Å². The minimum atomic E-state index is -0.135. The van der Waals surface area contributed by atoms with Gasteiger partial charge >= 0.3 is 0 Å². The van der Waals surface area contributed by atoms with Crippen LogP contribution in [-0.2, 0) is 0 Å². The molecular weight excluding hydrogens is 339 g/mol. The van der Waals surface area contributed by atoms with E-state index in [1.165, 1.54) is 5.56 Å². The Morgan fingerprint density at radius 1 is 1.18 bits per heavy atom. The largest absolute Gasteiger partial charge is 0.126 e. The summed E-state index contributed by atoms with van der Waals surface area (Å²) in [6.07, 6.45) is 0. The van der Waals surface area contributed by atoms with E-state index in [-0.39, 0.29) is 5.38 Å². The van der Waals surface area contributed by atoms with Crippen LogP contribution in [0.25, 0.3) is 0 Å². The number of alkyl halides is 1. The van der Waals surface area contributed by atoms with E-state index >= 15 is 0 Å². The highest BCUT2D eigenvalue weighted by molar-refractivity contribution is 9.10. The highest BCUT2D eigenvalue weighted by Crippen LogP contribution is 2.39. The Morgan fingerprint density at radius 3 is 2.47 bits per heavy atom. The molecule has 0 amide bonds. The third kappa shape index (κ3) is 2.87. The molecule has 1 aromatic heterocycles. The van der Waals surface area contributed by atoms with E-state index in [9.17, 15) is 0 Å². The monoisotopic (exact) mass is 348 g/mol. The second-order valence-electron chi connectivity index (χ2n) is 3.97. The van der Waals surface area contributed by atoms with Gasteiger partial charge < -0.3 is 0 Å². The lowest BCUT2D eigenvalue weighted by Crippen LogP contribution is -1.94. The summed E-state index contributed by atoms with van der Waals surface area (Å²) in [5.74, 6) is 0. The lowest BCUT2D eigenvalue weighted by molar-refractivity contribution is 1.14. The molecule has 0 aliphatic rings. The van der Waals surface area contributed by atoms with Crippen molar-refractivity contribution in [3.05, 3.63) is 54.6 Å². The summed E-state index contributed by atoms with van der Waals surface area (Å²) in [5, 5.41) is -0.135. The van der Waals surface area contributed by atoms with Gasteiger partial charge in [0.05, 0.1) is 9.71 Å². The third-order valence-electron chi connectivity index (χ3n) is 2.64. The van der Waals surface area contributed by atoms with Gasteiger partial charge in [-0.2, -0.15) is 0 Å². The van der Waals surface area contributed by atoms with Gasteiger partial charge in [0.1, 0.15) is 0 Å². The predicted molar refractivity (Wildman–Crippen MR) is 80.6 cm³/mol. The first-order valence-corrected chi connectivity index (χ1v) is 7.57. The number of hydrogen-bond donors (Lipinski definition) is 0. The molecule has 0 N–H and O–H groups in total. The number of thiophene rings is 1. The summed E-state index contributed by atoms with van der Waals surface area (Å²) in [6, 6.07) is 8.22. The van der Waals surface area contributed by atoms with Gasteiger partial charge in [-0.15, -0.1) is 22.9 Å². The van der Waals surface area contributed by atoms with Crippen molar-refractivity contribution in [1.82, 2.24) is 0 Å². The Hall–Kier alpha value is -0.0200. The number of hydrogen-bond acceptors (Lipinski definition) is 1. The smallest absolute Gasteiger partial charge is 0.0960 e. The molecule has 90 valence electrons. The minimum Gasteiger partial charge on any atom is -0.126 e. The van der Waals surface area contributed by atoms with Crippen molar-refractivity contribution in [1.29, 1.82) is 0 Å². The van der Waals surface area contributed by atoms with Crippen LogP contribution in [0.4, 0.5) is 0 Å². The van der Waals surface area contributed by atoms with Crippen LogP contribution in [0.2, 0.25) is 4.34 Å². The zero-order valence-corrected chi connectivity index (χ0v) is 13.3. The molecule has 1 heterocycles. The molecule has 1 aromatic carbocycles. The summed E-state index contributed by atoms with van der Waals surface area (Å²) in [4.78, 5) is 1.09. The molecule has 0 nitrogen and oxygen atoms in total. The number of halogens is 3. The molecule has 0 radical (unpaired) electrons. The number of benzene rings is 1. The average Bonchev–Trinajstić information content (AvgIpc) is 2.62. The summed E-state index contributed by atoms with van der Waals surface area (Å²) in [5.41, 5.74) is 3.40. The molecule has 0 spiro atoms. The molecular formula is C13H11BrCl2S. The molecule has 0 aliphatic heterocycles. The Morgan fingerprint density at radius 2 is 1.88 bits per heavy atom. The Kier molecular flexibility index (Phi) is 4.19. The fraction of sp³-hybridized carbons (Fsp3) is 0.231. The third-order valence-corrected chi connectivity index (χ3v) is 5.35. The van der Waals surface area contributed by atoms with Crippen molar-refractivity contribution in [2.24, 2.45) is 0 Å². The predicted octanol–water partition coefficient (Wildman–Crippen LogP) is 6.11. The zero-order valence-electron chi connectivity index (χ0n) is 9.43. The first-order chi connectivity index (χ1) is 7.99. The molecule has 0 saturated heterocycles. The van der Waals surface area contributed by atoms with Crippen molar-refractivity contribution >= 4 is 50.5 Å². The van der Waals surface area contributed by atoms with Crippen molar-refractivity contribution < 1.29 is 0 Å². The molecule has 0 fully saturated rings. The number of rotatable bonds is 2. The molecule has 2 aromatic rings. The average molecular weight is 350 g/mol. The lowest BCUT2D eigenvalue weighted by atomic mass is 10.0. The fourth-order valence-corrected chi connectivity index (χ4v) is 3.67. The molecule has 1 atom stereocenters. The molecule has 17 heavy (non-hydrogen) atoms. The highest BCUT2D eigenvalue weighted by atomic mass is 79.9. The Bertz CT molecular complexity index is 529. The van der Waals surface area contributed by atoms with Gasteiger partial charge in [0, 0.05) is 9.35 Å². The number of aryl methyl sites for hydroxylation is 2. The van der Waals surface area contributed by atoms with Gasteiger partial charge in [-0.3, -0.25) is 0 Å². The molecule has 1 unspecified atom stereocenters. The van der Waals surface area contributed by atoms with E-state index in [0.717, 1.165) is 24.8 Å². The van der Waals surface area contributed by atoms with Gasteiger partial charge in [0.15, 0.2) is 0 Å². The van der Waals surface area contributed by atoms with E-state index in [4.69, 9.17) is 23.2 Å². The maximum Gasteiger partial charge on any atom is 0.0960 e. The van der Waals surface area contributed by atoms with Crippen molar-refractivity contribution in [2.45, 2.75) is 19.2 Å². The first-order valence-electron chi connectivity index (χ1n) is 5.15. The van der Waals surface area contributed by atoms with Crippen LogP contribution in [0.1, 0.15) is 26.9 Å². The van der Waals surface area contributed by atoms with Crippen LogP contribution in [-0.4, -0.2) is 0 Å². The van der Waals surface area contributed by atoms with Gasteiger partial charge in [0.25, 0.3) is 0 Å². The van der Waals surface area contributed by atoms with Crippen molar-refractivity contribution in [3.63, 3.8) is 0 Å². The van der Waals surface area contributed by atoms with Crippen molar-refractivity contribution in [3.8, 4) is 0 Å². The van der Waals surface area contributed by atoms with Gasteiger partial charge in [-0.05, 0) is 48.7 Å². The summed E-state index contributed by atoms with van der Waals surface area (Å²) < 4.78 is 1.86. The fourth-order valence-electron chi connectivity index (χ4n) is 1.65. The Labute approximate surface area is 124 Å². The SMILES string of the molecule is Cc1ccc(Br)cc1C(Cl)c1cc(C)c(Cl)s1. The van der Waals surface area contributed by atoms with Crippen LogP contribution < -0.4 is 0 Å². The maximum absolute atomic E-state index is 6.53. The molecule has 0 bridgehead atoms. The molecule has 2 rings (SSSR count). The van der Waals surface area contributed by atoms with Gasteiger partial charge in [-0.25, -0.2) is 0 Å². The standard InChI is InChI=1S/C13H11BrCl2S/c1-7-3-4-9(14)6-10(7)12(15)11-5-8(2)13(16)17-11/h3-6,12H,1-2H3. The zero-order chi connectivity index (χ0) is 12.6. The molecule has 0 saturated carbocycles. The van der Waals surface area contributed by atoms with E-state index < -0.39 is 0 Å². The van der Waals surface area contributed by atoms with Crippen LogP contribution in [0.5, 0.6) is 0 Å². The second-order valence-corrected chi connectivity index (χ2v) is 7.01. The first kappa shape index (κ1) is 13.4. The second kappa shape index (κ2) is 5.31. The van der Waals surface area contributed by atoms with Crippen LogP contribution in [0.3, 0.4) is 0 Å². The highest BCUT2D eigenvalue weighted by Gasteiger charge is 2.17. The van der Waals surface area contributed by atoms with E-state index in [1.54, 1.807) is 11.3 Å².